The fourth-order valence-electron chi connectivity index (χ4n) is 3.83. The molecule has 1 aromatic carbocycles. The zero-order valence-electron chi connectivity index (χ0n) is 17.9. The quantitative estimate of drug-likeness (QED) is 0.342. The highest BCUT2D eigenvalue weighted by Gasteiger charge is 2.57. The lowest BCUT2D eigenvalue weighted by atomic mass is 9.94. The maximum absolute atomic E-state index is 13.1. The van der Waals surface area contributed by atoms with E-state index in [1.807, 2.05) is 0 Å². The molecule has 11 heteroatoms. The minimum absolute atomic E-state index is 0.167. The Morgan fingerprint density at radius 2 is 1.44 bits per heavy atom. The summed E-state index contributed by atoms with van der Waals surface area (Å²) in [6, 6.07) is 4.93. The van der Waals surface area contributed by atoms with E-state index in [0.29, 0.717) is 0 Å². The molecule has 0 saturated carbocycles. The van der Waals surface area contributed by atoms with Gasteiger partial charge in [0.2, 0.25) is 0 Å². The van der Waals surface area contributed by atoms with Crippen LogP contribution in [0.3, 0.4) is 0 Å². The SMILES string of the molecule is COC1OC(COC(C)=O)C(OC(C)=O)C(OC(C)=O)C1N1C(=O)c2ccccc2C1=O. The summed E-state index contributed by atoms with van der Waals surface area (Å²) in [5.74, 6) is -3.38. The molecule has 32 heavy (non-hydrogen) atoms. The Morgan fingerprint density at radius 1 is 0.906 bits per heavy atom. The summed E-state index contributed by atoms with van der Waals surface area (Å²) in [7, 11) is 1.27. The molecule has 0 bridgehead atoms. The lowest BCUT2D eigenvalue weighted by Crippen LogP contribution is -2.67. The first-order valence-electron chi connectivity index (χ1n) is 9.78. The number of nitrogens with zero attached hydrogens (tertiary/aromatic N) is 1. The van der Waals surface area contributed by atoms with Gasteiger partial charge in [-0.25, -0.2) is 0 Å². The van der Waals surface area contributed by atoms with Gasteiger partial charge < -0.3 is 23.7 Å². The van der Waals surface area contributed by atoms with E-state index in [1.165, 1.54) is 26.2 Å². The molecule has 1 aromatic rings. The van der Waals surface area contributed by atoms with E-state index < -0.39 is 60.4 Å². The Labute approximate surface area is 183 Å². The highest BCUT2D eigenvalue weighted by Crippen LogP contribution is 2.35. The number of carbonyl (C=O) groups is 5. The van der Waals surface area contributed by atoms with Crippen molar-refractivity contribution in [3.8, 4) is 0 Å². The van der Waals surface area contributed by atoms with Crippen LogP contribution in [0.2, 0.25) is 0 Å². The number of hydrogen-bond acceptors (Lipinski definition) is 10. The smallest absolute Gasteiger partial charge is 0.303 e. The predicted octanol–water partition coefficient (Wildman–Crippen LogP) is 0.449. The van der Waals surface area contributed by atoms with Gasteiger partial charge in [0.05, 0.1) is 11.1 Å². The minimum Gasteiger partial charge on any atom is -0.463 e. The van der Waals surface area contributed by atoms with Crippen molar-refractivity contribution in [1.82, 2.24) is 4.90 Å². The first-order valence-corrected chi connectivity index (χ1v) is 9.78. The average molecular weight is 449 g/mol. The molecule has 1 fully saturated rings. The maximum Gasteiger partial charge on any atom is 0.303 e. The van der Waals surface area contributed by atoms with Gasteiger partial charge in [0.1, 0.15) is 18.8 Å². The molecule has 2 amide bonds. The molecule has 3 rings (SSSR count). The van der Waals surface area contributed by atoms with Crippen LogP contribution in [0.1, 0.15) is 41.5 Å². The van der Waals surface area contributed by atoms with Crippen LogP contribution in [0.5, 0.6) is 0 Å². The molecular formula is C21H23NO10. The first-order chi connectivity index (χ1) is 15.1. The normalized spacial score (nSPS) is 27.0. The maximum atomic E-state index is 13.1. The number of amides is 2. The summed E-state index contributed by atoms with van der Waals surface area (Å²) in [6.45, 7) is 3.10. The fraction of sp³-hybridized carbons (Fsp3) is 0.476. The van der Waals surface area contributed by atoms with Gasteiger partial charge in [-0.05, 0) is 12.1 Å². The van der Waals surface area contributed by atoms with Gasteiger partial charge in [-0.2, -0.15) is 0 Å². The molecule has 5 atom stereocenters. The Hall–Kier alpha value is -3.31. The van der Waals surface area contributed by atoms with Crippen molar-refractivity contribution in [2.45, 2.75) is 51.4 Å². The second-order valence-corrected chi connectivity index (χ2v) is 7.25. The van der Waals surface area contributed by atoms with Gasteiger partial charge >= 0.3 is 17.9 Å². The van der Waals surface area contributed by atoms with E-state index in [1.54, 1.807) is 12.1 Å². The second kappa shape index (κ2) is 9.45. The Bertz CT molecular complexity index is 909. The molecule has 0 radical (unpaired) electrons. The van der Waals surface area contributed by atoms with Gasteiger partial charge in [0.15, 0.2) is 18.5 Å². The lowest BCUT2D eigenvalue weighted by molar-refractivity contribution is -0.279. The van der Waals surface area contributed by atoms with Crippen molar-refractivity contribution < 1.29 is 47.7 Å². The highest BCUT2D eigenvalue weighted by molar-refractivity contribution is 6.21. The number of imide groups is 1. The Morgan fingerprint density at radius 3 is 1.91 bits per heavy atom. The van der Waals surface area contributed by atoms with Crippen LogP contribution >= 0.6 is 0 Å². The van der Waals surface area contributed by atoms with E-state index in [2.05, 4.69) is 0 Å². The summed E-state index contributed by atoms with van der Waals surface area (Å²) in [4.78, 5) is 62.1. The van der Waals surface area contributed by atoms with Crippen LogP contribution in [-0.2, 0) is 38.1 Å². The molecule has 2 aliphatic rings. The van der Waals surface area contributed by atoms with Crippen LogP contribution in [0, 0.1) is 0 Å². The van der Waals surface area contributed by atoms with Crippen LogP contribution in [-0.4, -0.2) is 79.0 Å². The first kappa shape index (κ1) is 23.4. The summed E-state index contributed by atoms with van der Waals surface area (Å²) >= 11 is 0. The zero-order chi connectivity index (χ0) is 23.6. The van der Waals surface area contributed by atoms with Crippen LogP contribution < -0.4 is 0 Å². The van der Waals surface area contributed by atoms with E-state index >= 15 is 0 Å². The number of esters is 3. The molecule has 0 N–H and O–H groups in total. The number of ether oxygens (including phenoxy) is 5. The summed E-state index contributed by atoms with van der Waals surface area (Å²) in [5.41, 5.74) is 0.333. The fourth-order valence-corrected chi connectivity index (χ4v) is 3.83. The molecule has 0 aliphatic carbocycles. The number of carbonyl (C=O) groups excluding carboxylic acids is 5. The van der Waals surface area contributed by atoms with Gasteiger partial charge in [-0.15, -0.1) is 0 Å². The van der Waals surface area contributed by atoms with Crippen molar-refractivity contribution in [1.29, 1.82) is 0 Å². The van der Waals surface area contributed by atoms with Crippen molar-refractivity contribution in [3.63, 3.8) is 0 Å². The average Bonchev–Trinajstić information content (AvgIpc) is 2.98. The summed E-state index contributed by atoms with van der Waals surface area (Å²) < 4.78 is 27.0. The number of rotatable bonds is 6. The second-order valence-electron chi connectivity index (χ2n) is 7.25. The number of hydrogen-bond donors (Lipinski definition) is 0. The Balaban J connectivity index is 2.05. The van der Waals surface area contributed by atoms with E-state index in [0.717, 1.165) is 18.7 Å². The number of methoxy groups -OCH3 is 1. The third-order valence-electron chi connectivity index (χ3n) is 5.03. The van der Waals surface area contributed by atoms with Crippen molar-refractivity contribution in [3.05, 3.63) is 35.4 Å². The van der Waals surface area contributed by atoms with Crippen LogP contribution in [0.15, 0.2) is 24.3 Å². The molecule has 0 aromatic heterocycles. The zero-order valence-corrected chi connectivity index (χ0v) is 17.9. The standard InChI is InChI=1S/C21H23NO10/c1-10(23)29-9-15-17(30-11(2)24)18(31-12(3)25)16(21(28-4)32-15)22-19(26)13-7-5-6-8-14(13)20(22)27/h5-8,15-18,21H,9H2,1-4H3. The predicted molar refractivity (Wildman–Crippen MR) is 104 cm³/mol. The monoisotopic (exact) mass is 449 g/mol. The van der Waals surface area contributed by atoms with Gasteiger partial charge in [-0.1, -0.05) is 12.1 Å². The van der Waals surface area contributed by atoms with Gasteiger partial charge in [-0.3, -0.25) is 28.9 Å². The molecule has 5 unspecified atom stereocenters. The molecule has 1 saturated heterocycles. The van der Waals surface area contributed by atoms with Crippen molar-refractivity contribution in [2.75, 3.05) is 13.7 Å². The topological polar surface area (TPSA) is 135 Å². The molecule has 2 heterocycles. The van der Waals surface area contributed by atoms with E-state index in [4.69, 9.17) is 23.7 Å². The largest absolute Gasteiger partial charge is 0.463 e. The van der Waals surface area contributed by atoms with Crippen LogP contribution in [0.25, 0.3) is 0 Å². The van der Waals surface area contributed by atoms with Gasteiger partial charge in [0, 0.05) is 27.9 Å². The van der Waals surface area contributed by atoms with E-state index in [9.17, 15) is 24.0 Å². The summed E-state index contributed by atoms with van der Waals surface area (Å²) in [6.07, 6.45) is -5.01. The van der Waals surface area contributed by atoms with Crippen molar-refractivity contribution >= 4 is 29.7 Å². The number of benzene rings is 1. The van der Waals surface area contributed by atoms with E-state index in [-0.39, 0.29) is 17.7 Å². The molecule has 11 nitrogen and oxygen atoms in total. The van der Waals surface area contributed by atoms with Crippen molar-refractivity contribution in [2.24, 2.45) is 0 Å². The Kier molecular flexibility index (Phi) is 6.90. The molecule has 2 aliphatic heterocycles. The summed E-state index contributed by atoms with van der Waals surface area (Å²) in [5, 5.41) is 0. The third-order valence-corrected chi connectivity index (χ3v) is 5.03. The highest BCUT2D eigenvalue weighted by atomic mass is 16.7. The minimum atomic E-state index is -1.35. The third kappa shape index (κ3) is 4.48. The van der Waals surface area contributed by atoms with Gasteiger partial charge in [0.25, 0.3) is 11.8 Å². The molecule has 0 spiro atoms. The number of fused-ring (bicyclic) bond motifs is 1. The molecular weight excluding hydrogens is 426 g/mol. The lowest BCUT2D eigenvalue weighted by Gasteiger charge is -2.46. The molecule has 172 valence electrons. The van der Waals surface area contributed by atoms with Crippen LogP contribution in [0.4, 0.5) is 0 Å².